The Kier molecular flexibility index (Phi) is 3.55. The van der Waals surface area contributed by atoms with Crippen molar-refractivity contribution in [2.45, 2.75) is 20.8 Å². The molecule has 9 heavy (non-hydrogen) atoms. The van der Waals surface area contributed by atoms with E-state index in [9.17, 15) is 0 Å². The molecule has 0 nitrogen and oxygen atoms in total. The van der Waals surface area contributed by atoms with Gasteiger partial charge >= 0.3 is 0 Å². The zero-order valence-corrected chi connectivity index (χ0v) is 6.23. The molecule has 0 fully saturated rings. The van der Waals surface area contributed by atoms with E-state index in [1.54, 1.807) is 6.08 Å². The Balaban J connectivity index is 4.11. The number of rotatable bonds is 1. The fourth-order valence-corrected chi connectivity index (χ4v) is 0.340. The van der Waals surface area contributed by atoms with Crippen LogP contribution in [0.4, 0.5) is 0 Å². The van der Waals surface area contributed by atoms with Crippen molar-refractivity contribution in [2.75, 3.05) is 0 Å². The lowest BCUT2D eigenvalue weighted by Crippen LogP contribution is -1.71. The summed E-state index contributed by atoms with van der Waals surface area (Å²) in [5.41, 5.74) is 2.55. The second kappa shape index (κ2) is 3.97. The first-order valence-electron chi connectivity index (χ1n) is 2.95. The second-order valence-electron chi connectivity index (χ2n) is 2.18. The Morgan fingerprint density at radius 2 is 1.89 bits per heavy atom. The highest BCUT2D eigenvalue weighted by Crippen LogP contribution is 2.01. The number of terminal acetylenes is 1. The van der Waals surface area contributed by atoms with Crippen molar-refractivity contribution in [1.82, 2.24) is 0 Å². The number of allylic oxidation sites excluding steroid dienone is 4. The van der Waals surface area contributed by atoms with Crippen LogP contribution in [0.3, 0.4) is 0 Å². The van der Waals surface area contributed by atoms with Crippen LogP contribution in [0.5, 0.6) is 0 Å². The molecule has 0 aromatic rings. The molecule has 0 unspecified atom stereocenters. The largest absolute Gasteiger partial charge is 0.115 e. The van der Waals surface area contributed by atoms with Crippen LogP contribution in [0.1, 0.15) is 20.8 Å². The number of hydrogen-bond acceptors (Lipinski definition) is 0. The van der Waals surface area contributed by atoms with Gasteiger partial charge in [0.15, 0.2) is 0 Å². The molecule has 0 radical (unpaired) electrons. The van der Waals surface area contributed by atoms with Gasteiger partial charge in [-0.05, 0) is 26.8 Å². The Labute approximate surface area is 57.3 Å². The molecule has 0 amide bonds. The predicted octanol–water partition coefficient (Wildman–Crippen LogP) is 2.53. The van der Waals surface area contributed by atoms with E-state index in [-0.39, 0.29) is 0 Å². The van der Waals surface area contributed by atoms with Crippen LogP contribution in [0.25, 0.3) is 0 Å². The molecule has 0 saturated heterocycles. The minimum absolute atomic E-state index is 1.24. The van der Waals surface area contributed by atoms with Gasteiger partial charge in [-0.25, -0.2) is 0 Å². The first-order valence-corrected chi connectivity index (χ1v) is 2.95. The van der Waals surface area contributed by atoms with Gasteiger partial charge in [0, 0.05) is 0 Å². The van der Waals surface area contributed by atoms with Crippen molar-refractivity contribution >= 4 is 0 Å². The standard InChI is InChI=1S/C9H12/c1-5-6-7-9(4)8(2)3/h1,6-7H,2-4H3/b7-6-. The SMILES string of the molecule is C#C/C=C\C(C)=C(C)C. The van der Waals surface area contributed by atoms with E-state index in [1.165, 1.54) is 11.1 Å². The third-order valence-corrected chi connectivity index (χ3v) is 1.22. The zero-order valence-electron chi connectivity index (χ0n) is 6.23. The maximum atomic E-state index is 5.02. The summed E-state index contributed by atoms with van der Waals surface area (Å²) in [6.45, 7) is 6.18. The smallest absolute Gasteiger partial charge is 0.0119 e. The van der Waals surface area contributed by atoms with Crippen molar-refractivity contribution in [3.05, 3.63) is 23.3 Å². The van der Waals surface area contributed by atoms with Crippen LogP contribution in [0.2, 0.25) is 0 Å². The Morgan fingerprint density at radius 1 is 1.33 bits per heavy atom. The van der Waals surface area contributed by atoms with Gasteiger partial charge in [-0.2, -0.15) is 0 Å². The topological polar surface area (TPSA) is 0 Å². The van der Waals surface area contributed by atoms with E-state index in [2.05, 4.69) is 19.8 Å². The summed E-state index contributed by atoms with van der Waals surface area (Å²) in [6, 6.07) is 0. The van der Waals surface area contributed by atoms with Crippen molar-refractivity contribution in [1.29, 1.82) is 0 Å². The summed E-state index contributed by atoms with van der Waals surface area (Å²) < 4.78 is 0. The lowest BCUT2D eigenvalue weighted by molar-refractivity contribution is 1.29. The molecule has 48 valence electrons. The minimum atomic E-state index is 1.24. The quantitative estimate of drug-likeness (QED) is 0.368. The summed E-state index contributed by atoms with van der Waals surface area (Å²) in [5.74, 6) is 2.44. The highest BCUT2D eigenvalue weighted by molar-refractivity contribution is 5.25. The molecule has 0 saturated carbocycles. The average molecular weight is 120 g/mol. The molecule has 0 heterocycles. The highest BCUT2D eigenvalue weighted by Gasteiger charge is 1.81. The maximum absolute atomic E-state index is 5.02. The summed E-state index contributed by atoms with van der Waals surface area (Å²) >= 11 is 0. The Hall–Kier alpha value is -0.960. The van der Waals surface area contributed by atoms with Crippen LogP contribution < -0.4 is 0 Å². The van der Waals surface area contributed by atoms with E-state index in [4.69, 9.17) is 6.42 Å². The van der Waals surface area contributed by atoms with E-state index in [0.29, 0.717) is 0 Å². The van der Waals surface area contributed by atoms with Gasteiger partial charge in [0.25, 0.3) is 0 Å². The molecule has 0 aliphatic heterocycles. The lowest BCUT2D eigenvalue weighted by atomic mass is 10.2. The van der Waals surface area contributed by atoms with E-state index in [0.717, 1.165) is 0 Å². The molecule has 0 rings (SSSR count). The van der Waals surface area contributed by atoms with Gasteiger partial charge in [-0.15, -0.1) is 6.42 Å². The summed E-state index contributed by atoms with van der Waals surface area (Å²) in [5, 5.41) is 0. The molecule has 0 aromatic carbocycles. The molecule has 0 N–H and O–H groups in total. The molecule has 0 spiro atoms. The van der Waals surface area contributed by atoms with Crippen LogP contribution in [-0.4, -0.2) is 0 Å². The Morgan fingerprint density at radius 3 is 2.22 bits per heavy atom. The monoisotopic (exact) mass is 120 g/mol. The van der Waals surface area contributed by atoms with Crippen molar-refractivity contribution in [3.8, 4) is 12.3 Å². The van der Waals surface area contributed by atoms with Gasteiger partial charge in [0.1, 0.15) is 0 Å². The van der Waals surface area contributed by atoms with E-state index < -0.39 is 0 Å². The molecule has 0 heteroatoms. The van der Waals surface area contributed by atoms with Gasteiger partial charge in [-0.3, -0.25) is 0 Å². The fraction of sp³-hybridized carbons (Fsp3) is 0.333. The molecule has 0 atom stereocenters. The fourth-order valence-electron chi connectivity index (χ4n) is 0.340. The molecule has 0 aliphatic carbocycles. The van der Waals surface area contributed by atoms with Crippen molar-refractivity contribution < 1.29 is 0 Å². The Bertz CT molecular complexity index is 171. The first kappa shape index (κ1) is 8.04. The third-order valence-electron chi connectivity index (χ3n) is 1.22. The zero-order chi connectivity index (χ0) is 7.28. The van der Waals surface area contributed by atoms with Crippen LogP contribution in [0.15, 0.2) is 23.3 Å². The molecule has 0 aromatic heterocycles. The van der Waals surface area contributed by atoms with Gasteiger partial charge in [0.05, 0.1) is 0 Å². The summed E-state index contributed by atoms with van der Waals surface area (Å²) in [6.07, 6.45) is 8.67. The van der Waals surface area contributed by atoms with Crippen molar-refractivity contribution in [3.63, 3.8) is 0 Å². The minimum Gasteiger partial charge on any atom is -0.115 e. The molecule has 0 aliphatic rings. The van der Waals surface area contributed by atoms with Gasteiger partial charge in [0.2, 0.25) is 0 Å². The van der Waals surface area contributed by atoms with Crippen molar-refractivity contribution in [2.24, 2.45) is 0 Å². The predicted molar refractivity (Wildman–Crippen MR) is 42.0 cm³/mol. The normalized spacial score (nSPS) is 9.11. The summed E-state index contributed by atoms with van der Waals surface area (Å²) in [4.78, 5) is 0. The lowest BCUT2D eigenvalue weighted by Gasteiger charge is -1.91. The van der Waals surface area contributed by atoms with E-state index in [1.807, 2.05) is 13.0 Å². The first-order chi connectivity index (χ1) is 4.18. The van der Waals surface area contributed by atoms with Crippen LogP contribution >= 0.6 is 0 Å². The molecular weight excluding hydrogens is 108 g/mol. The maximum Gasteiger partial charge on any atom is -0.0119 e. The van der Waals surface area contributed by atoms with Gasteiger partial charge < -0.3 is 0 Å². The van der Waals surface area contributed by atoms with Crippen LogP contribution in [0, 0.1) is 12.3 Å². The molecular formula is C9H12. The van der Waals surface area contributed by atoms with Crippen LogP contribution in [-0.2, 0) is 0 Å². The van der Waals surface area contributed by atoms with E-state index >= 15 is 0 Å². The highest BCUT2D eigenvalue weighted by atomic mass is 13.9. The third kappa shape index (κ3) is 3.61. The number of hydrogen-bond donors (Lipinski definition) is 0. The second-order valence-corrected chi connectivity index (χ2v) is 2.18. The summed E-state index contributed by atoms with van der Waals surface area (Å²) in [7, 11) is 0. The molecule has 0 bridgehead atoms. The average Bonchev–Trinajstić information content (AvgIpc) is 1.82. The van der Waals surface area contributed by atoms with Gasteiger partial charge in [-0.1, -0.05) is 23.1 Å².